The molecule has 0 unspecified atom stereocenters. The highest BCUT2D eigenvalue weighted by Crippen LogP contribution is 2.38. The van der Waals surface area contributed by atoms with Gasteiger partial charge >= 0.3 is 0 Å². The number of rotatable bonds is 1. The Labute approximate surface area is 138 Å². The second kappa shape index (κ2) is 5.19. The van der Waals surface area contributed by atoms with Gasteiger partial charge in [-0.2, -0.15) is 0 Å². The molecule has 1 aliphatic rings. The zero-order valence-electron chi connectivity index (χ0n) is 14.8. The van der Waals surface area contributed by atoms with Gasteiger partial charge in [-0.3, -0.25) is 9.98 Å². The van der Waals surface area contributed by atoms with E-state index in [0.29, 0.717) is 0 Å². The van der Waals surface area contributed by atoms with Crippen LogP contribution >= 0.6 is 0 Å². The number of nitrogens with zero attached hydrogens (tertiary/aromatic N) is 2. The van der Waals surface area contributed by atoms with Gasteiger partial charge in [0.15, 0.2) is 0 Å². The molecular formula is C20H24N2O. The molecule has 0 spiro atoms. The van der Waals surface area contributed by atoms with Crippen molar-refractivity contribution >= 4 is 5.71 Å². The molecular weight excluding hydrogens is 284 g/mol. The molecule has 2 aromatic rings. The highest BCUT2D eigenvalue weighted by Gasteiger charge is 2.42. The van der Waals surface area contributed by atoms with Crippen LogP contribution in [-0.4, -0.2) is 21.8 Å². The average Bonchev–Trinajstić information content (AvgIpc) is 2.55. The number of hydrogen-bond donors (Lipinski definition) is 0. The molecule has 1 aromatic carbocycles. The van der Waals surface area contributed by atoms with E-state index in [9.17, 15) is 0 Å². The van der Waals surface area contributed by atoms with Crippen LogP contribution in [0.3, 0.4) is 0 Å². The van der Waals surface area contributed by atoms with Crippen LogP contribution in [0.4, 0.5) is 0 Å². The lowest BCUT2D eigenvalue weighted by Crippen LogP contribution is -2.48. The maximum atomic E-state index is 6.33. The van der Waals surface area contributed by atoms with Gasteiger partial charge in [0, 0.05) is 23.0 Å². The summed E-state index contributed by atoms with van der Waals surface area (Å²) in [6.07, 6.45) is 1.91. The smallest absolute Gasteiger partial charge is 0.129 e. The number of para-hydroxylation sites is 1. The van der Waals surface area contributed by atoms with Gasteiger partial charge in [0.05, 0.1) is 11.3 Å². The molecule has 3 nitrogen and oxygen atoms in total. The van der Waals surface area contributed by atoms with Gasteiger partial charge in [-0.1, -0.05) is 12.1 Å². The molecule has 120 valence electrons. The van der Waals surface area contributed by atoms with Crippen molar-refractivity contribution in [2.75, 3.05) is 0 Å². The molecule has 23 heavy (non-hydrogen) atoms. The van der Waals surface area contributed by atoms with Crippen molar-refractivity contribution in [1.82, 2.24) is 4.98 Å². The highest BCUT2D eigenvalue weighted by atomic mass is 16.5. The number of hydrogen-bond acceptors (Lipinski definition) is 3. The third kappa shape index (κ3) is 2.65. The zero-order chi connectivity index (χ0) is 16.8. The van der Waals surface area contributed by atoms with Crippen molar-refractivity contribution in [3.05, 3.63) is 58.9 Å². The van der Waals surface area contributed by atoms with Crippen molar-refractivity contribution in [1.29, 1.82) is 0 Å². The summed E-state index contributed by atoms with van der Waals surface area (Å²) in [7, 11) is 0. The molecule has 0 aliphatic carbocycles. The first kappa shape index (κ1) is 15.7. The molecule has 0 bridgehead atoms. The number of aromatic nitrogens is 1. The minimum absolute atomic E-state index is 0.361. The standard InChI is InChI=1S/C20H24N2O/c1-13-11-15(12-21-14(13)2)18-16-9-7-8-10-17(16)23-20(5,6)19(3,4)22-18/h7-12H,1-6H3. The van der Waals surface area contributed by atoms with Gasteiger partial charge in [0.1, 0.15) is 11.4 Å². The van der Waals surface area contributed by atoms with E-state index >= 15 is 0 Å². The molecule has 0 saturated carbocycles. The molecule has 0 atom stereocenters. The fourth-order valence-corrected chi connectivity index (χ4v) is 2.62. The number of ether oxygens (including phenoxy) is 1. The Hall–Kier alpha value is -2.16. The Morgan fingerprint density at radius 3 is 2.39 bits per heavy atom. The number of aryl methyl sites for hydroxylation is 2. The lowest BCUT2D eigenvalue weighted by atomic mass is 9.86. The summed E-state index contributed by atoms with van der Waals surface area (Å²) >= 11 is 0. The van der Waals surface area contributed by atoms with E-state index in [-0.39, 0.29) is 5.54 Å². The molecule has 1 aromatic heterocycles. The topological polar surface area (TPSA) is 34.5 Å². The molecule has 1 aliphatic heterocycles. The van der Waals surface area contributed by atoms with Crippen molar-refractivity contribution < 1.29 is 4.74 Å². The second-order valence-corrected chi connectivity index (χ2v) is 7.25. The number of benzene rings is 1. The van der Waals surface area contributed by atoms with Crippen molar-refractivity contribution in [3.63, 3.8) is 0 Å². The highest BCUT2D eigenvalue weighted by molar-refractivity contribution is 6.14. The minimum atomic E-state index is -0.405. The Kier molecular flexibility index (Phi) is 3.55. The van der Waals surface area contributed by atoms with Crippen molar-refractivity contribution in [2.45, 2.75) is 52.7 Å². The van der Waals surface area contributed by atoms with Crippen LogP contribution in [-0.2, 0) is 0 Å². The summed E-state index contributed by atoms with van der Waals surface area (Å²) in [5.74, 6) is 0.875. The fraction of sp³-hybridized carbons (Fsp3) is 0.400. The zero-order valence-corrected chi connectivity index (χ0v) is 14.8. The third-order valence-electron chi connectivity index (χ3n) is 4.99. The summed E-state index contributed by atoms with van der Waals surface area (Å²) in [5.41, 5.74) is 4.47. The Morgan fingerprint density at radius 1 is 1.00 bits per heavy atom. The first-order valence-electron chi connectivity index (χ1n) is 8.03. The second-order valence-electron chi connectivity index (χ2n) is 7.25. The van der Waals surface area contributed by atoms with Crippen LogP contribution in [0.15, 0.2) is 41.5 Å². The molecule has 0 N–H and O–H groups in total. The predicted octanol–water partition coefficient (Wildman–Crippen LogP) is 4.49. The van der Waals surface area contributed by atoms with Crippen LogP contribution in [0, 0.1) is 13.8 Å². The molecule has 3 heteroatoms. The largest absolute Gasteiger partial charge is 0.485 e. The lowest BCUT2D eigenvalue weighted by Gasteiger charge is -2.37. The van der Waals surface area contributed by atoms with E-state index in [4.69, 9.17) is 9.73 Å². The fourth-order valence-electron chi connectivity index (χ4n) is 2.62. The summed E-state index contributed by atoms with van der Waals surface area (Å²) in [5, 5.41) is 0. The lowest BCUT2D eigenvalue weighted by molar-refractivity contribution is 0.0441. The molecule has 0 saturated heterocycles. The normalized spacial score (nSPS) is 18.4. The Bertz CT molecular complexity index is 788. The molecule has 2 heterocycles. The summed E-state index contributed by atoms with van der Waals surface area (Å²) in [6.45, 7) is 12.5. The van der Waals surface area contributed by atoms with E-state index < -0.39 is 5.60 Å². The van der Waals surface area contributed by atoms with E-state index in [1.807, 2.05) is 31.3 Å². The molecule has 3 rings (SSSR count). The van der Waals surface area contributed by atoms with Crippen molar-refractivity contribution in [3.8, 4) is 5.75 Å². The van der Waals surface area contributed by atoms with Crippen LogP contribution in [0.25, 0.3) is 0 Å². The summed E-state index contributed by atoms with van der Waals surface area (Å²) < 4.78 is 6.33. The molecule has 0 amide bonds. The molecule has 0 fully saturated rings. The van der Waals surface area contributed by atoms with Crippen LogP contribution in [0.1, 0.15) is 50.1 Å². The molecule has 0 radical (unpaired) electrons. The monoisotopic (exact) mass is 308 g/mol. The van der Waals surface area contributed by atoms with E-state index in [1.54, 1.807) is 0 Å². The van der Waals surface area contributed by atoms with Gasteiger partial charge in [0.2, 0.25) is 0 Å². The predicted molar refractivity (Wildman–Crippen MR) is 94.6 cm³/mol. The maximum absolute atomic E-state index is 6.33. The maximum Gasteiger partial charge on any atom is 0.129 e. The van der Waals surface area contributed by atoms with Gasteiger partial charge in [0.25, 0.3) is 0 Å². The van der Waals surface area contributed by atoms with E-state index in [2.05, 4.69) is 51.7 Å². The SMILES string of the molecule is Cc1cc(C2=NC(C)(C)C(C)(C)Oc3ccccc32)cnc1C. The van der Waals surface area contributed by atoms with E-state index in [0.717, 1.165) is 28.3 Å². The van der Waals surface area contributed by atoms with Crippen LogP contribution < -0.4 is 4.74 Å². The van der Waals surface area contributed by atoms with Crippen LogP contribution in [0.5, 0.6) is 5.75 Å². The summed E-state index contributed by atoms with van der Waals surface area (Å²) in [4.78, 5) is 9.61. The van der Waals surface area contributed by atoms with Gasteiger partial charge < -0.3 is 4.74 Å². The van der Waals surface area contributed by atoms with Gasteiger partial charge in [-0.25, -0.2) is 0 Å². The van der Waals surface area contributed by atoms with Crippen molar-refractivity contribution in [2.24, 2.45) is 4.99 Å². The number of aliphatic imine (C=N–C) groups is 1. The van der Waals surface area contributed by atoms with E-state index in [1.165, 1.54) is 5.56 Å². The first-order valence-corrected chi connectivity index (χ1v) is 8.03. The number of fused-ring (bicyclic) bond motifs is 1. The summed E-state index contributed by atoms with van der Waals surface area (Å²) in [6, 6.07) is 10.3. The number of pyridine rings is 1. The minimum Gasteiger partial charge on any atom is -0.485 e. The van der Waals surface area contributed by atoms with Gasteiger partial charge in [-0.15, -0.1) is 0 Å². The third-order valence-corrected chi connectivity index (χ3v) is 4.99. The Morgan fingerprint density at radius 2 is 1.70 bits per heavy atom. The quantitative estimate of drug-likeness (QED) is 0.778. The Balaban J connectivity index is 2.27. The van der Waals surface area contributed by atoms with Gasteiger partial charge in [-0.05, 0) is 65.3 Å². The van der Waals surface area contributed by atoms with Crippen LogP contribution in [0.2, 0.25) is 0 Å². The first-order chi connectivity index (χ1) is 10.7. The average molecular weight is 308 g/mol.